The maximum Gasteiger partial charge on any atom is 0.275 e. The summed E-state index contributed by atoms with van der Waals surface area (Å²) in [4.78, 5) is 12.1. The Morgan fingerprint density at radius 3 is 2.78 bits per heavy atom. The van der Waals surface area contributed by atoms with E-state index in [2.05, 4.69) is 10.5 Å². The lowest BCUT2D eigenvalue weighted by molar-refractivity contribution is 0.0952. The van der Waals surface area contributed by atoms with Gasteiger partial charge in [-0.2, -0.15) is 5.10 Å². The van der Waals surface area contributed by atoms with Gasteiger partial charge in [0.05, 0.1) is 23.4 Å². The average Bonchev–Trinajstić information content (AvgIpc) is 2.91. The maximum absolute atomic E-state index is 12.1. The van der Waals surface area contributed by atoms with Crippen LogP contribution in [0.15, 0.2) is 52.2 Å². The van der Waals surface area contributed by atoms with Crippen LogP contribution in [-0.2, 0) is 0 Å². The highest BCUT2D eigenvalue weighted by molar-refractivity contribution is 6.03. The number of aromatic hydroxyl groups is 2. The Labute approximate surface area is 131 Å². The van der Waals surface area contributed by atoms with Crippen molar-refractivity contribution < 1.29 is 19.4 Å². The summed E-state index contributed by atoms with van der Waals surface area (Å²) in [7, 11) is 0. The number of carbonyl (C=O) groups is 1. The van der Waals surface area contributed by atoms with E-state index in [1.807, 2.05) is 0 Å². The van der Waals surface area contributed by atoms with Crippen molar-refractivity contribution in [2.24, 2.45) is 5.10 Å². The van der Waals surface area contributed by atoms with E-state index in [1.54, 1.807) is 31.2 Å². The normalized spacial score (nSPS) is 11.2. The van der Waals surface area contributed by atoms with Crippen LogP contribution in [0, 0.1) is 6.92 Å². The van der Waals surface area contributed by atoms with Gasteiger partial charge in [-0.05, 0) is 36.8 Å². The molecular formula is C17H14N2O4. The monoisotopic (exact) mass is 310 g/mol. The van der Waals surface area contributed by atoms with Crippen LogP contribution in [0.5, 0.6) is 11.5 Å². The molecule has 6 nitrogen and oxygen atoms in total. The standard InChI is InChI=1S/C17H14N2O4/c1-10-9-23-14-7-6-12(16(21)15(10)14)17(22)19-18-8-11-4-2-3-5-13(11)20/h2-9,20-21H,1H3,(H,19,22). The molecule has 1 amide bonds. The molecule has 0 atom stereocenters. The second-order valence-electron chi connectivity index (χ2n) is 5.01. The van der Waals surface area contributed by atoms with E-state index in [0.717, 1.165) is 5.56 Å². The number of phenolic OH excluding ortho intramolecular Hbond substituents is 2. The van der Waals surface area contributed by atoms with Crippen molar-refractivity contribution in [1.29, 1.82) is 0 Å². The minimum Gasteiger partial charge on any atom is -0.507 e. The second-order valence-corrected chi connectivity index (χ2v) is 5.01. The first-order chi connectivity index (χ1) is 11.1. The van der Waals surface area contributed by atoms with Crippen molar-refractivity contribution in [3.05, 3.63) is 59.4 Å². The van der Waals surface area contributed by atoms with E-state index in [0.29, 0.717) is 16.5 Å². The van der Waals surface area contributed by atoms with E-state index in [1.165, 1.54) is 24.6 Å². The van der Waals surface area contributed by atoms with Crippen LogP contribution < -0.4 is 5.43 Å². The van der Waals surface area contributed by atoms with Crippen LogP contribution in [0.1, 0.15) is 21.5 Å². The Morgan fingerprint density at radius 2 is 2.00 bits per heavy atom. The first-order valence-corrected chi connectivity index (χ1v) is 6.89. The second kappa shape index (κ2) is 5.84. The Balaban J connectivity index is 1.83. The molecule has 0 aliphatic carbocycles. The number of hydrogen-bond acceptors (Lipinski definition) is 5. The van der Waals surface area contributed by atoms with Gasteiger partial charge in [-0.15, -0.1) is 0 Å². The van der Waals surface area contributed by atoms with E-state index < -0.39 is 5.91 Å². The Kier molecular flexibility index (Phi) is 3.72. The number of hydrazone groups is 1. The lowest BCUT2D eigenvalue weighted by atomic mass is 10.1. The summed E-state index contributed by atoms with van der Waals surface area (Å²) in [5.41, 5.74) is 4.13. The van der Waals surface area contributed by atoms with Crippen LogP contribution in [0.4, 0.5) is 0 Å². The van der Waals surface area contributed by atoms with E-state index in [9.17, 15) is 15.0 Å². The molecule has 3 aromatic rings. The molecule has 0 radical (unpaired) electrons. The number of benzene rings is 2. The molecule has 1 heterocycles. The summed E-state index contributed by atoms with van der Waals surface area (Å²) in [5, 5.41) is 24.1. The lowest BCUT2D eigenvalue weighted by Gasteiger charge is -2.04. The number of aryl methyl sites for hydroxylation is 1. The molecule has 3 N–H and O–H groups in total. The Hall–Kier alpha value is -3.28. The molecule has 116 valence electrons. The molecule has 0 spiro atoms. The number of furan rings is 1. The Morgan fingerprint density at radius 1 is 1.22 bits per heavy atom. The molecule has 0 fully saturated rings. The van der Waals surface area contributed by atoms with Gasteiger partial charge in [0.15, 0.2) is 0 Å². The minimum absolute atomic E-state index is 0.0591. The van der Waals surface area contributed by atoms with E-state index >= 15 is 0 Å². The summed E-state index contributed by atoms with van der Waals surface area (Å²) in [5.74, 6) is -0.649. The number of rotatable bonds is 3. The summed E-state index contributed by atoms with van der Waals surface area (Å²) < 4.78 is 5.27. The lowest BCUT2D eigenvalue weighted by Crippen LogP contribution is -2.17. The van der Waals surface area contributed by atoms with Crippen LogP contribution in [0.25, 0.3) is 11.0 Å². The molecule has 3 rings (SSSR count). The van der Waals surface area contributed by atoms with Gasteiger partial charge in [-0.1, -0.05) is 12.1 Å². The van der Waals surface area contributed by atoms with Gasteiger partial charge >= 0.3 is 0 Å². The van der Waals surface area contributed by atoms with Gasteiger partial charge < -0.3 is 14.6 Å². The third-order valence-electron chi connectivity index (χ3n) is 3.45. The molecule has 23 heavy (non-hydrogen) atoms. The van der Waals surface area contributed by atoms with Gasteiger partial charge in [0, 0.05) is 5.56 Å². The van der Waals surface area contributed by atoms with Crippen LogP contribution >= 0.6 is 0 Å². The predicted octanol–water partition coefficient (Wildman–Crippen LogP) is 2.92. The summed E-state index contributed by atoms with van der Waals surface area (Å²) in [6.07, 6.45) is 2.84. The fourth-order valence-electron chi connectivity index (χ4n) is 2.26. The highest BCUT2D eigenvalue weighted by Crippen LogP contribution is 2.32. The number of amides is 1. The number of nitrogens with one attached hydrogen (secondary N) is 1. The highest BCUT2D eigenvalue weighted by atomic mass is 16.3. The fraction of sp³-hybridized carbons (Fsp3) is 0.0588. The number of fused-ring (bicyclic) bond motifs is 1. The smallest absolute Gasteiger partial charge is 0.275 e. The maximum atomic E-state index is 12.1. The van der Waals surface area contributed by atoms with Crippen molar-refractivity contribution in [2.75, 3.05) is 0 Å². The van der Waals surface area contributed by atoms with E-state index in [-0.39, 0.29) is 17.1 Å². The molecule has 6 heteroatoms. The number of para-hydroxylation sites is 1. The molecule has 0 aliphatic heterocycles. The Bertz CT molecular complexity index is 912. The van der Waals surface area contributed by atoms with Gasteiger partial charge in [0.25, 0.3) is 5.91 Å². The number of carbonyl (C=O) groups excluding carboxylic acids is 1. The zero-order valence-corrected chi connectivity index (χ0v) is 12.3. The highest BCUT2D eigenvalue weighted by Gasteiger charge is 2.16. The van der Waals surface area contributed by atoms with Crippen LogP contribution in [0.2, 0.25) is 0 Å². The zero-order valence-electron chi connectivity index (χ0n) is 12.3. The molecular weight excluding hydrogens is 296 g/mol. The molecule has 2 aromatic carbocycles. The molecule has 0 aliphatic rings. The number of phenols is 2. The first kappa shape index (κ1) is 14.6. The van der Waals surface area contributed by atoms with Gasteiger partial charge in [0.1, 0.15) is 17.1 Å². The van der Waals surface area contributed by atoms with Gasteiger partial charge in [-0.3, -0.25) is 4.79 Å². The predicted molar refractivity (Wildman–Crippen MR) is 85.8 cm³/mol. The zero-order chi connectivity index (χ0) is 16.4. The quantitative estimate of drug-likeness (QED) is 0.512. The third-order valence-corrected chi connectivity index (χ3v) is 3.45. The average molecular weight is 310 g/mol. The molecule has 0 saturated carbocycles. The SMILES string of the molecule is Cc1coc2ccc(C(=O)NN=Cc3ccccc3O)c(O)c12. The minimum atomic E-state index is -0.559. The van der Waals surface area contributed by atoms with Gasteiger partial charge in [0.2, 0.25) is 0 Å². The van der Waals surface area contributed by atoms with Crippen molar-refractivity contribution >= 4 is 23.1 Å². The van der Waals surface area contributed by atoms with Crippen LogP contribution in [0.3, 0.4) is 0 Å². The largest absolute Gasteiger partial charge is 0.507 e. The van der Waals surface area contributed by atoms with Crippen molar-refractivity contribution in [1.82, 2.24) is 5.43 Å². The molecule has 1 aromatic heterocycles. The summed E-state index contributed by atoms with van der Waals surface area (Å²) in [6, 6.07) is 9.68. The van der Waals surface area contributed by atoms with Crippen molar-refractivity contribution in [2.45, 2.75) is 6.92 Å². The summed E-state index contributed by atoms with van der Waals surface area (Å²) >= 11 is 0. The molecule has 0 bridgehead atoms. The topological polar surface area (TPSA) is 95.1 Å². The molecule has 0 saturated heterocycles. The van der Waals surface area contributed by atoms with Crippen molar-refractivity contribution in [3.63, 3.8) is 0 Å². The third kappa shape index (κ3) is 2.74. The molecule has 0 unspecified atom stereocenters. The van der Waals surface area contributed by atoms with E-state index in [4.69, 9.17) is 4.42 Å². The van der Waals surface area contributed by atoms with Crippen LogP contribution in [-0.4, -0.2) is 22.3 Å². The summed E-state index contributed by atoms with van der Waals surface area (Å²) in [6.45, 7) is 1.78. The fourth-order valence-corrected chi connectivity index (χ4v) is 2.26. The van der Waals surface area contributed by atoms with Gasteiger partial charge in [-0.25, -0.2) is 5.43 Å². The van der Waals surface area contributed by atoms with Crippen molar-refractivity contribution in [3.8, 4) is 11.5 Å². The number of hydrogen-bond donors (Lipinski definition) is 3. The number of nitrogens with zero attached hydrogens (tertiary/aromatic N) is 1. The first-order valence-electron chi connectivity index (χ1n) is 6.89.